The summed E-state index contributed by atoms with van der Waals surface area (Å²) < 4.78 is 0. The highest BCUT2D eigenvalue weighted by atomic mass is 15.2. The first-order valence-corrected chi connectivity index (χ1v) is 26.5. The zero-order valence-corrected chi connectivity index (χ0v) is 41.9. The van der Waals surface area contributed by atoms with E-state index in [-0.39, 0.29) is 5.41 Å². The van der Waals surface area contributed by atoms with Crippen LogP contribution in [0.1, 0.15) is 90.8 Å². The molecule has 2 nitrogen and oxygen atoms in total. The molecule has 10 aromatic carbocycles. The smallest absolute Gasteiger partial charge is 0.0543 e. The van der Waals surface area contributed by atoms with Crippen LogP contribution in [0.4, 0.5) is 34.1 Å². The molecule has 0 saturated heterocycles. The highest BCUT2D eigenvalue weighted by molar-refractivity contribution is 5.95. The van der Waals surface area contributed by atoms with Crippen LogP contribution in [0.25, 0.3) is 44.5 Å². The van der Waals surface area contributed by atoms with Gasteiger partial charge in [0.25, 0.3) is 0 Å². The van der Waals surface area contributed by atoms with E-state index in [0.717, 1.165) is 24.2 Å². The van der Waals surface area contributed by atoms with Gasteiger partial charge in [-0.25, -0.2) is 0 Å². The topological polar surface area (TPSA) is 6.48 Å². The summed E-state index contributed by atoms with van der Waals surface area (Å²) in [7, 11) is 0. The highest BCUT2D eigenvalue weighted by Crippen LogP contribution is 2.53. The maximum Gasteiger partial charge on any atom is 0.0543 e. The minimum Gasteiger partial charge on any atom is -0.310 e. The van der Waals surface area contributed by atoms with E-state index in [2.05, 4.69) is 260 Å². The van der Waals surface area contributed by atoms with Crippen LogP contribution in [-0.2, 0) is 18.3 Å². The highest BCUT2D eigenvalue weighted by Gasteiger charge is 2.36. The summed E-state index contributed by atoms with van der Waals surface area (Å²) >= 11 is 0. The number of hydrogen-bond acceptors (Lipinski definition) is 2. The fourth-order valence-electron chi connectivity index (χ4n) is 12.8. The van der Waals surface area contributed by atoms with E-state index in [0.29, 0.717) is 5.92 Å². The van der Waals surface area contributed by atoms with Gasteiger partial charge in [-0.05, 0) is 182 Å². The van der Waals surface area contributed by atoms with E-state index < -0.39 is 0 Å². The van der Waals surface area contributed by atoms with Crippen molar-refractivity contribution >= 4 is 34.1 Å². The molecule has 0 heterocycles. The lowest BCUT2D eigenvalue weighted by Crippen LogP contribution is -2.16. The molecule has 354 valence electrons. The van der Waals surface area contributed by atoms with Crippen molar-refractivity contribution in [2.45, 2.75) is 70.1 Å². The van der Waals surface area contributed by atoms with E-state index in [1.807, 2.05) is 0 Å². The first-order valence-electron chi connectivity index (χ1n) is 26.5. The molecule has 13 rings (SSSR count). The fourth-order valence-corrected chi connectivity index (χ4v) is 12.8. The number of rotatable bonds is 8. The van der Waals surface area contributed by atoms with Gasteiger partial charge in [0.15, 0.2) is 0 Å². The number of anilines is 6. The van der Waals surface area contributed by atoms with Crippen molar-refractivity contribution < 1.29 is 0 Å². The predicted molar refractivity (Wildman–Crippen MR) is 308 cm³/mol. The van der Waals surface area contributed by atoms with Crippen LogP contribution >= 0.6 is 0 Å². The molecule has 0 amide bonds. The lowest BCUT2D eigenvalue weighted by atomic mass is 9.78. The molecule has 0 radical (unpaired) electrons. The van der Waals surface area contributed by atoms with Gasteiger partial charge in [-0.2, -0.15) is 0 Å². The van der Waals surface area contributed by atoms with Gasteiger partial charge in [0, 0.05) is 39.4 Å². The normalized spacial score (nSPS) is 14.4. The van der Waals surface area contributed by atoms with Crippen molar-refractivity contribution in [2.75, 3.05) is 9.80 Å². The van der Waals surface area contributed by atoms with E-state index in [1.54, 1.807) is 0 Å². The zero-order valence-electron chi connectivity index (χ0n) is 41.9. The third kappa shape index (κ3) is 8.07. The summed E-state index contributed by atoms with van der Waals surface area (Å²) in [5.41, 5.74) is 26.9. The van der Waals surface area contributed by atoms with Crippen molar-refractivity contribution in [2.24, 2.45) is 0 Å². The maximum absolute atomic E-state index is 2.64. The third-order valence-corrected chi connectivity index (χ3v) is 16.3. The molecule has 2 heteroatoms. The first kappa shape index (κ1) is 44.7. The van der Waals surface area contributed by atoms with E-state index in [4.69, 9.17) is 0 Å². The van der Waals surface area contributed by atoms with Crippen LogP contribution in [0.3, 0.4) is 0 Å². The molecule has 0 N–H and O–H groups in total. The Balaban J connectivity index is 1.05. The number of benzene rings is 10. The van der Waals surface area contributed by atoms with Crippen LogP contribution in [0, 0.1) is 0 Å². The molecule has 3 aliphatic rings. The fraction of sp³-hybridized carbons (Fsp3) is 0.155. The van der Waals surface area contributed by atoms with Crippen LogP contribution in [0.15, 0.2) is 237 Å². The summed E-state index contributed by atoms with van der Waals surface area (Å²) in [6.07, 6.45) is 7.83. The van der Waals surface area contributed by atoms with Crippen LogP contribution in [0.2, 0.25) is 0 Å². The Morgan fingerprint density at radius 3 is 1.38 bits per heavy atom. The molecular formula is C71H60N2. The van der Waals surface area contributed by atoms with E-state index in [1.165, 1.54) is 138 Å². The molecule has 0 bridgehead atoms. The maximum atomic E-state index is 2.64. The Hall–Kier alpha value is -8.20. The summed E-state index contributed by atoms with van der Waals surface area (Å²) in [5, 5.41) is 0. The zero-order chi connectivity index (χ0) is 48.9. The summed E-state index contributed by atoms with van der Waals surface area (Å²) in [5.74, 6) is 0.473. The third-order valence-electron chi connectivity index (χ3n) is 16.3. The van der Waals surface area contributed by atoms with Gasteiger partial charge in [-0.1, -0.05) is 197 Å². The minimum atomic E-state index is -0.0850. The Morgan fingerprint density at radius 2 is 0.795 bits per heavy atom. The number of fused-ring (bicyclic) bond motifs is 9. The second-order valence-electron chi connectivity index (χ2n) is 21.0. The van der Waals surface area contributed by atoms with E-state index in [9.17, 15) is 0 Å². The van der Waals surface area contributed by atoms with Gasteiger partial charge < -0.3 is 9.80 Å². The van der Waals surface area contributed by atoms with Crippen LogP contribution < -0.4 is 9.80 Å². The Bertz CT molecular complexity index is 3590. The van der Waals surface area contributed by atoms with Crippen molar-refractivity contribution in [1.82, 2.24) is 0 Å². The molecule has 0 spiro atoms. The molecule has 0 atom stereocenters. The summed E-state index contributed by atoms with van der Waals surface area (Å²) in [6, 6.07) is 89.1. The van der Waals surface area contributed by atoms with Crippen molar-refractivity contribution in [1.29, 1.82) is 0 Å². The second-order valence-corrected chi connectivity index (χ2v) is 21.0. The Morgan fingerprint density at radius 1 is 0.329 bits per heavy atom. The molecule has 1 saturated carbocycles. The Kier molecular flexibility index (Phi) is 11.5. The van der Waals surface area contributed by atoms with Gasteiger partial charge in [0.2, 0.25) is 0 Å². The number of hydrogen-bond donors (Lipinski definition) is 0. The molecule has 0 unspecified atom stereocenters. The van der Waals surface area contributed by atoms with E-state index >= 15 is 0 Å². The summed E-state index contributed by atoms with van der Waals surface area (Å²) in [6.45, 7) is 4.74. The average molecular weight is 941 g/mol. The van der Waals surface area contributed by atoms with Gasteiger partial charge in [0.05, 0.1) is 5.69 Å². The number of para-hydroxylation sites is 3. The largest absolute Gasteiger partial charge is 0.310 e. The molecule has 73 heavy (non-hydrogen) atoms. The van der Waals surface area contributed by atoms with Gasteiger partial charge >= 0.3 is 0 Å². The molecule has 1 fully saturated rings. The van der Waals surface area contributed by atoms with Crippen molar-refractivity contribution in [3.8, 4) is 44.5 Å². The van der Waals surface area contributed by atoms with Crippen molar-refractivity contribution in [3.05, 3.63) is 276 Å². The Labute approximate surface area is 431 Å². The average Bonchev–Trinajstić information content (AvgIpc) is 3.68. The standard InChI is InChI=1S/C71H60N2/c1-71(2)67-39-23-22-38-61(67)66-46-58(40-41-68(66)71)73(57-34-16-7-17-35-57)70-45-54-43-52-29-19-20-36-59(52)62-47-64(49-24-8-3-9-25-49)69(72(55-30-12-5-13-31-55)56-32-14-6-15-33-56)44-53(62)42-51-28-18-21-37-60(51)63(54)48-65(70)50-26-10-4-11-27-50/h4-7,10-23,26-41,44-49H,3,8-9,24-25,42-43H2,1-2H3. The second kappa shape index (κ2) is 18.8. The molecule has 10 aromatic rings. The monoisotopic (exact) mass is 940 g/mol. The molecular weight excluding hydrogens is 881 g/mol. The minimum absolute atomic E-state index is 0.0850. The lowest BCUT2D eigenvalue weighted by Gasteiger charge is -2.33. The van der Waals surface area contributed by atoms with Crippen LogP contribution in [-0.4, -0.2) is 0 Å². The molecule has 3 aliphatic carbocycles. The summed E-state index contributed by atoms with van der Waals surface area (Å²) in [4.78, 5) is 5.05. The molecule has 0 aliphatic heterocycles. The quantitative estimate of drug-likeness (QED) is 0.150. The number of nitrogens with zero attached hydrogens (tertiary/aromatic N) is 2. The van der Waals surface area contributed by atoms with Gasteiger partial charge in [-0.3, -0.25) is 0 Å². The van der Waals surface area contributed by atoms with Crippen molar-refractivity contribution in [3.63, 3.8) is 0 Å². The lowest BCUT2D eigenvalue weighted by molar-refractivity contribution is 0.444. The SMILES string of the molecule is CC1(C)c2ccccc2-c2cc(N(c3ccccc3)c3cc4c(cc3-c3ccccc3)-c3ccccc3Cc3cc(N(c5ccccc5)c5ccccc5)c(C5CCCCC5)cc3-c3ccccc3C4)ccc21. The predicted octanol–water partition coefficient (Wildman–Crippen LogP) is 19.5. The van der Waals surface area contributed by atoms with Gasteiger partial charge in [0.1, 0.15) is 0 Å². The van der Waals surface area contributed by atoms with Crippen LogP contribution in [0.5, 0.6) is 0 Å². The van der Waals surface area contributed by atoms with Gasteiger partial charge in [-0.15, -0.1) is 0 Å². The first-order chi connectivity index (χ1) is 36.0. The molecule has 0 aromatic heterocycles.